The van der Waals surface area contributed by atoms with Crippen molar-refractivity contribution in [3.63, 3.8) is 0 Å². The molecular formula is C15H13F3N2OS. The zero-order chi connectivity index (χ0) is 15.6. The molecule has 0 spiro atoms. The Kier molecular flexibility index (Phi) is 4.15. The van der Waals surface area contributed by atoms with Gasteiger partial charge in [0.1, 0.15) is 18.2 Å². The van der Waals surface area contributed by atoms with Crippen molar-refractivity contribution in [3.8, 4) is 5.75 Å². The van der Waals surface area contributed by atoms with Gasteiger partial charge < -0.3 is 9.64 Å². The number of hydrogen-bond acceptors (Lipinski definition) is 4. The summed E-state index contributed by atoms with van der Waals surface area (Å²) in [7, 11) is 0. The average molecular weight is 326 g/mol. The molecule has 0 N–H and O–H groups in total. The molecule has 0 saturated heterocycles. The van der Waals surface area contributed by atoms with E-state index in [4.69, 9.17) is 4.74 Å². The Morgan fingerprint density at radius 2 is 2.00 bits per heavy atom. The van der Waals surface area contributed by atoms with Crippen LogP contribution >= 0.6 is 11.9 Å². The third-order valence-corrected chi connectivity index (χ3v) is 3.94. The first kappa shape index (κ1) is 15.0. The van der Waals surface area contributed by atoms with Crippen LogP contribution in [0.15, 0.2) is 52.6 Å². The highest BCUT2D eigenvalue weighted by atomic mass is 32.2. The second-order valence-electron chi connectivity index (χ2n) is 4.79. The van der Waals surface area contributed by atoms with E-state index in [1.807, 2.05) is 23.3 Å². The van der Waals surface area contributed by atoms with Gasteiger partial charge >= 0.3 is 6.18 Å². The molecule has 0 bridgehead atoms. The highest BCUT2D eigenvalue weighted by molar-refractivity contribution is 7.98. The molecule has 0 atom stereocenters. The molecular weight excluding hydrogens is 313 g/mol. The third-order valence-electron chi connectivity index (χ3n) is 3.27. The van der Waals surface area contributed by atoms with E-state index in [9.17, 15) is 13.2 Å². The predicted octanol–water partition coefficient (Wildman–Crippen LogP) is 3.90. The van der Waals surface area contributed by atoms with Gasteiger partial charge in [0.25, 0.3) is 0 Å². The van der Waals surface area contributed by atoms with E-state index in [-0.39, 0.29) is 6.61 Å². The maximum atomic E-state index is 12.5. The summed E-state index contributed by atoms with van der Waals surface area (Å²) in [4.78, 5) is 2.04. The van der Waals surface area contributed by atoms with Crippen molar-refractivity contribution >= 4 is 17.8 Å². The first-order valence-corrected chi connectivity index (χ1v) is 7.63. The molecule has 0 unspecified atom stereocenters. The maximum absolute atomic E-state index is 12.5. The Balaban J connectivity index is 1.66. The summed E-state index contributed by atoms with van der Waals surface area (Å²) in [5.41, 5.74) is 0.230. The van der Waals surface area contributed by atoms with Gasteiger partial charge in [-0.25, -0.2) is 0 Å². The van der Waals surface area contributed by atoms with Crippen molar-refractivity contribution < 1.29 is 17.9 Å². The first-order chi connectivity index (χ1) is 10.5. The number of allylic oxidation sites excluding steroid dienone is 2. The van der Waals surface area contributed by atoms with E-state index >= 15 is 0 Å². The molecule has 2 aliphatic rings. The van der Waals surface area contributed by atoms with Crippen LogP contribution in [0.3, 0.4) is 0 Å². The fourth-order valence-electron chi connectivity index (χ4n) is 2.14. The fourth-order valence-corrected chi connectivity index (χ4v) is 2.86. The topological polar surface area (TPSA) is 24.8 Å². The fraction of sp³-hybridized carbons (Fsp3) is 0.267. The van der Waals surface area contributed by atoms with Crippen LogP contribution in [0.25, 0.3) is 0 Å². The number of amidine groups is 1. The lowest BCUT2D eigenvalue weighted by atomic mass is 10.1. The number of fused-ring (bicyclic) bond motifs is 1. The standard InChI is InChI=1S/C15H13F3N2OS/c16-15(17,18)12-3-5-13(6-4-12)21-10-11-2-1-7-20-8-9-22-19-14(11)20/h1-7H,8-10H2. The molecule has 22 heavy (non-hydrogen) atoms. The zero-order valence-electron chi connectivity index (χ0n) is 11.5. The molecule has 0 amide bonds. The summed E-state index contributed by atoms with van der Waals surface area (Å²) in [6.45, 7) is 1.16. The van der Waals surface area contributed by atoms with Crippen LogP contribution in [0.2, 0.25) is 0 Å². The molecule has 116 valence electrons. The van der Waals surface area contributed by atoms with Crippen molar-refractivity contribution in [3.05, 3.63) is 53.8 Å². The van der Waals surface area contributed by atoms with E-state index in [0.717, 1.165) is 35.8 Å². The number of alkyl halides is 3. The van der Waals surface area contributed by atoms with Crippen LogP contribution in [0.5, 0.6) is 5.75 Å². The Hall–Kier alpha value is -1.89. The minimum absolute atomic E-state index is 0.269. The van der Waals surface area contributed by atoms with Crippen LogP contribution in [0, 0.1) is 0 Å². The predicted molar refractivity (Wildman–Crippen MR) is 80.8 cm³/mol. The van der Waals surface area contributed by atoms with Crippen molar-refractivity contribution in [2.24, 2.45) is 4.40 Å². The van der Waals surface area contributed by atoms with Gasteiger partial charge in [-0.1, -0.05) is 6.08 Å². The highest BCUT2D eigenvalue weighted by Crippen LogP contribution is 2.30. The quantitative estimate of drug-likeness (QED) is 0.788. The van der Waals surface area contributed by atoms with E-state index in [0.29, 0.717) is 5.75 Å². The van der Waals surface area contributed by atoms with Crippen LogP contribution in [-0.4, -0.2) is 29.6 Å². The van der Waals surface area contributed by atoms with Gasteiger partial charge in [-0.3, -0.25) is 0 Å². The second kappa shape index (κ2) is 6.08. The van der Waals surface area contributed by atoms with Crippen molar-refractivity contribution in [1.82, 2.24) is 4.90 Å². The lowest BCUT2D eigenvalue weighted by Gasteiger charge is -2.28. The summed E-state index contributed by atoms with van der Waals surface area (Å²) >= 11 is 1.50. The van der Waals surface area contributed by atoms with Gasteiger partial charge in [0.15, 0.2) is 0 Å². The van der Waals surface area contributed by atoms with Crippen LogP contribution < -0.4 is 4.74 Å². The minimum Gasteiger partial charge on any atom is -0.489 e. The number of halogens is 3. The Morgan fingerprint density at radius 1 is 1.23 bits per heavy atom. The normalized spacial score (nSPS) is 17.7. The van der Waals surface area contributed by atoms with E-state index in [1.165, 1.54) is 24.1 Å². The lowest BCUT2D eigenvalue weighted by Crippen LogP contribution is -2.34. The van der Waals surface area contributed by atoms with Gasteiger partial charge in [-0.15, -0.1) is 0 Å². The van der Waals surface area contributed by atoms with Crippen LogP contribution in [-0.2, 0) is 6.18 Å². The van der Waals surface area contributed by atoms with Crippen molar-refractivity contribution in [1.29, 1.82) is 0 Å². The monoisotopic (exact) mass is 326 g/mol. The average Bonchev–Trinajstić information content (AvgIpc) is 2.52. The molecule has 2 aliphatic heterocycles. The van der Waals surface area contributed by atoms with Gasteiger partial charge in [-0.05, 0) is 42.3 Å². The van der Waals surface area contributed by atoms with Gasteiger partial charge in [0.2, 0.25) is 0 Å². The lowest BCUT2D eigenvalue weighted by molar-refractivity contribution is -0.137. The first-order valence-electron chi connectivity index (χ1n) is 6.68. The molecule has 1 aromatic rings. The minimum atomic E-state index is -4.33. The van der Waals surface area contributed by atoms with Crippen molar-refractivity contribution in [2.75, 3.05) is 18.9 Å². The van der Waals surface area contributed by atoms with E-state index in [2.05, 4.69) is 4.40 Å². The largest absolute Gasteiger partial charge is 0.489 e. The van der Waals surface area contributed by atoms with E-state index < -0.39 is 11.7 Å². The Bertz CT molecular complexity index is 635. The maximum Gasteiger partial charge on any atom is 0.416 e. The highest BCUT2D eigenvalue weighted by Gasteiger charge is 2.30. The number of hydrogen-bond donors (Lipinski definition) is 0. The van der Waals surface area contributed by atoms with Gasteiger partial charge in [0.05, 0.1) is 5.56 Å². The third kappa shape index (κ3) is 3.30. The summed E-state index contributed by atoms with van der Waals surface area (Å²) < 4.78 is 47.5. The van der Waals surface area contributed by atoms with Crippen molar-refractivity contribution in [2.45, 2.75) is 6.18 Å². The summed E-state index contributed by atoms with van der Waals surface area (Å²) in [5, 5.41) is 0. The molecule has 0 saturated carbocycles. The molecule has 3 rings (SSSR count). The summed E-state index contributed by atoms with van der Waals surface area (Å²) in [6, 6.07) is 4.70. The number of rotatable bonds is 3. The van der Waals surface area contributed by atoms with Gasteiger partial charge in [0, 0.05) is 24.1 Å². The Morgan fingerprint density at radius 3 is 2.73 bits per heavy atom. The SMILES string of the molecule is FC(F)(F)c1ccc(OCC2=CC=CN3CCSN=C23)cc1. The molecule has 0 radical (unpaired) electrons. The molecule has 2 heterocycles. The molecule has 0 fully saturated rings. The Labute approximate surface area is 130 Å². The smallest absolute Gasteiger partial charge is 0.416 e. The van der Waals surface area contributed by atoms with Crippen LogP contribution in [0.4, 0.5) is 13.2 Å². The number of ether oxygens (including phenoxy) is 1. The molecule has 1 aromatic carbocycles. The summed E-state index contributed by atoms with van der Waals surface area (Å²) in [6.07, 6.45) is 1.45. The summed E-state index contributed by atoms with van der Waals surface area (Å²) in [5.74, 6) is 2.19. The molecule has 0 aliphatic carbocycles. The zero-order valence-corrected chi connectivity index (χ0v) is 12.3. The molecule has 7 heteroatoms. The second-order valence-corrected chi connectivity index (χ2v) is 5.63. The molecule has 0 aromatic heterocycles. The van der Waals surface area contributed by atoms with Crippen LogP contribution in [0.1, 0.15) is 5.56 Å². The molecule has 3 nitrogen and oxygen atoms in total. The van der Waals surface area contributed by atoms with Gasteiger partial charge in [-0.2, -0.15) is 17.6 Å². The number of nitrogens with zero attached hydrogens (tertiary/aromatic N) is 2. The van der Waals surface area contributed by atoms with E-state index in [1.54, 1.807) is 0 Å². The number of benzene rings is 1.